The van der Waals surface area contributed by atoms with Crippen molar-refractivity contribution in [3.8, 4) is 0 Å². The molecule has 0 spiro atoms. The molecule has 0 radical (unpaired) electrons. The van der Waals surface area contributed by atoms with Gasteiger partial charge in [0.2, 0.25) is 5.91 Å². The van der Waals surface area contributed by atoms with Gasteiger partial charge in [0.25, 0.3) is 0 Å². The minimum atomic E-state index is -1.06. The number of carboxylic acids is 1. The number of amides is 1. The van der Waals surface area contributed by atoms with Gasteiger partial charge in [0, 0.05) is 36.5 Å². The molecule has 0 aliphatic carbocycles. The first kappa shape index (κ1) is 25.3. The van der Waals surface area contributed by atoms with Gasteiger partial charge in [-0.1, -0.05) is 35.4 Å². The summed E-state index contributed by atoms with van der Waals surface area (Å²) in [5.74, 6) is 1.94. The van der Waals surface area contributed by atoms with Crippen molar-refractivity contribution >= 4 is 58.7 Å². The Kier molecular flexibility index (Phi) is 27.3. The highest BCUT2D eigenvalue weighted by molar-refractivity contribution is 8.76. The van der Waals surface area contributed by atoms with E-state index in [-0.39, 0.29) is 11.7 Å². The molecule has 0 aromatic rings. The van der Waals surface area contributed by atoms with Gasteiger partial charge in [-0.3, -0.25) is 4.79 Å². The van der Waals surface area contributed by atoms with Crippen LogP contribution in [0.3, 0.4) is 0 Å². The minimum Gasteiger partial charge on any atom is -0.480 e. The van der Waals surface area contributed by atoms with Gasteiger partial charge < -0.3 is 16.2 Å². The van der Waals surface area contributed by atoms with Crippen molar-refractivity contribution in [2.45, 2.75) is 26.8 Å². The summed E-state index contributed by atoms with van der Waals surface area (Å²) in [6.07, 6.45) is 0. The third-order valence-corrected chi connectivity index (χ3v) is 4.48. The van der Waals surface area contributed by atoms with E-state index in [1.54, 1.807) is 0 Å². The molecule has 0 saturated heterocycles. The van der Waals surface area contributed by atoms with E-state index in [1.165, 1.54) is 18.4 Å². The summed E-state index contributed by atoms with van der Waals surface area (Å²) in [4.78, 5) is 20.5. The number of carbonyl (C=O) groups excluding carboxylic acids is 1. The van der Waals surface area contributed by atoms with Crippen LogP contribution in [0.5, 0.6) is 0 Å². The molecule has 1 amide bonds. The van der Waals surface area contributed by atoms with E-state index in [0.717, 1.165) is 5.75 Å². The molecule has 0 aromatic carbocycles. The Balaban J connectivity index is -0.000000246. The van der Waals surface area contributed by atoms with Crippen molar-refractivity contribution in [1.29, 1.82) is 0 Å². The predicted octanol–water partition coefficient (Wildman–Crippen LogP) is 1.79. The molecule has 20 heavy (non-hydrogen) atoms. The second-order valence-corrected chi connectivity index (χ2v) is 6.95. The van der Waals surface area contributed by atoms with E-state index in [0.29, 0.717) is 6.54 Å². The maximum Gasteiger partial charge on any atom is 0.327 e. The van der Waals surface area contributed by atoms with Crippen molar-refractivity contribution < 1.29 is 14.7 Å². The second-order valence-electron chi connectivity index (χ2n) is 3.10. The number of carbonyl (C=O) groups is 2. The minimum absolute atomic E-state index is 0.106. The highest BCUT2D eigenvalue weighted by atomic mass is 33.1. The van der Waals surface area contributed by atoms with Crippen LogP contribution in [0.1, 0.15) is 20.8 Å². The van der Waals surface area contributed by atoms with Crippen LogP contribution < -0.4 is 11.1 Å². The Morgan fingerprint density at radius 3 is 1.75 bits per heavy atom. The monoisotopic (exact) mass is 362 g/mol. The number of nitrogens with two attached hydrogens (primary N) is 1. The number of rotatable bonds is 7. The lowest BCUT2D eigenvalue weighted by Crippen LogP contribution is -2.40. The fourth-order valence-corrected chi connectivity index (χ4v) is 2.18. The normalized spacial score (nSPS) is 10.3. The summed E-state index contributed by atoms with van der Waals surface area (Å²) in [5.41, 5.74) is 4.95. The molecule has 0 rings (SSSR count). The molecule has 1 unspecified atom stereocenters. The van der Waals surface area contributed by atoms with Crippen LogP contribution in [0.15, 0.2) is 0 Å². The zero-order valence-electron chi connectivity index (χ0n) is 12.2. The molecule has 0 heterocycles. The van der Waals surface area contributed by atoms with Crippen molar-refractivity contribution in [3.05, 3.63) is 0 Å². The maximum absolute atomic E-state index is 10.3. The average molecular weight is 363 g/mol. The number of hydrogen-bond donors (Lipinski definition) is 5. The largest absolute Gasteiger partial charge is 0.480 e. The third kappa shape index (κ3) is 26.8. The van der Waals surface area contributed by atoms with Crippen LogP contribution in [-0.2, 0) is 9.59 Å². The van der Waals surface area contributed by atoms with E-state index >= 15 is 0 Å². The van der Waals surface area contributed by atoms with E-state index in [9.17, 15) is 9.59 Å². The number of carboxylic acid groups (broad SMARTS) is 1. The Labute approximate surface area is 140 Å². The van der Waals surface area contributed by atoms with Crippen molar-refractivity contribution in [1.82, 2.24) is 5.32 Å². The standard InChI is InChI=1S/C5H9NO3S.C4H10S2.C2H7NS/c1-3(7)6-4(2-10)5(8)9;1-3-5-6-4-2;3-1-2-4/h4,10H,2H2,1H3,(H,6,7)(H,8,9);3-4H2,1-2H3;4H,1-3H2. The lowest BCUT2D eigenvalue weighted by atomic mass is 10.3. The molecule has 0 aliphatic heterocycles. The highest BCUT2D eigenvalue weighted by Crippen LogP contribution is 2.18. The Hall–Kier alpha value is 0.300. The molecule has 5 nitrogen and oxygen atoms in total. The van der Waals surface area contributed by atoms with Crippen molar-refractivity contribution in [3.63, 3.8) is 0 Å². The smallest absolute Gasteiger partial charge is 0.327 e. The summed E-state index contributed by atoms with van der Waals surface area (Å²) in [5, 5.41) is 10.6. The summed E-state index contributed by atoms with van der Waals surface area (Å²) < 4.78 is 0. The fourth-order valence-electron chi connectivity index (χ4n) is 0.598. The first-order valence-corrected chi connectivity index (χ1v) is 9.82. The number of aliphatic carboxylic acids is 1. The first-order valence-electron chi connectivity index (χ1n) is 6.07. The van der Waals surface area contributed by atoms with Gasteiger partial charge >= 0.3 is 5.97 Å². The molecule has 4 N–H and O–H groups in total. The lowest BCUT2D eigenvalue weighted by Gasteiger charge is -2.08. The number of hydrogen-bond acceptors (Lipinski definition) is 7. The van der Waals surface area contributed by atoms with Gasteiger partial charge in [-0.15, -0.1) is 0 Å². The molecular weight excluding hydrogens is 336 g/mol. The maximum atomic E-state index is 10.3. The molecule has 122 valence electrons. The summed E-state index contributed by atoms with van der Waals surface area (Å²) in [6.45, 7) is 6.29. The Bertz CT molecular complexity index is 228. The van der Waals surface area contributed by atoms with Crippen LogP contribution in [0, 0.1) is 0 Å². The molecular formula is C11H26N2O3S4. The van der Waals surface area contributed by atoms with Crippen LogP contribution in [0.4, 0.5) is 0 Å². The molecule has 9 heteroatoms. The van der Waals surface area contributed by atoms with Crippen molar-refractivity contribution in [2.75, 3.05) is 29.6 Å². The number of nitrogens with one attached hydrogen (secondary N) is 1. The van der Waals surface area contributed by atoms with Gasteiger partial charge in [0.1, 0.15) is 6.04 Å². The first-order chi connectivity index (χ1) is 9.40. The van der Waals surface area contributed by atoms with E-state index in [4.69, 9.17) is 10.8 Å². The predicted molar refractivity (Wildman–Crippen MR) is 98.3 cm³/mol. The van der Waals surface area contributed by atoms with Gasteiger partial charge in [-0.2, -0.15) is 25.3 Å². The molecule has 0 fully saturated rings. The van der Waals surface area contributed by atoms with Gasteiger partial charge in [0.05, 0.1) is 0 Å². The molecule has 0 saturated carbocycles. The van der Waals surface area contributed by atoms with Gasteiger partial charge in [0.15, 0.2) is 0 Å². The molecule has 0 aliphatic rings. The van der Waals surface area contributed by atoms with Gasteiger partial charge in [-0.05, 0) is 0 Å². The topological polar surface area (TPSA) is 92.4 Å². The second kappa shape index (κ2) is 21.6. The lowest BCUT2D eigenvalue weighted by molar-refractivity contribution is -0.140. The van der Waals surface area contributed by atoms with Crippen LogP contribution in [0.2, 0.25) is 0 Å². The Morgan fingerprint density at radius 1 is 1.25 bits per heavy atom. The van der Waals surface area contributed by atoms with E-state index in [2.05, 4.69) is 44.4 Å². The average Bonchev–Trinajstić information content (AvgIpc) is 2.42. The van der Waals surface area contributed by atoms with E-state index in [1.807, 2.05) is 21.6 Å². The third-order valence-electron chi connectivity index (χ3n) is 1.31. The van der Waals surface area contributed by atoms with Crippen molar-refractivity contribution in [2.24, 2.45) is 5.73 Å². The quantitative estimate of drug-likeness (QED) is 0.269. The van der Waals surface area contributed by atoms with E-state index < -0.39 is 12.0 Å². The molecule has 1 atom stereocenters. The Morgan fingerprint density at radius 2 is 1.65 bits per heavy atom. The van der Waals surface area contributed by atoms with Crippen LogP contribution in [-0.4, -0.2) is 52.6 Å². The summed E-state index contributed by atoms with van der Waals surface area (Å²) >= 11 is 7.53. The zero-order valence-corrected chi connectivity index (χ0v) is 15.6. The zero-order chi connectivity index (χ0) is 16.4. The number of thiol groups is 2. The highest BCUT2D eigenvalue weighted by Gasteiger charge is 2.15. The van der Waals surface area contributed by atoms with Crippen LogP contribution in [0.25, 0.3) is 0 Å². The summed E-state index contributed by atoms with van der Waals surface area (Å²) in [7, 11) is 3.85. The fraction of sp³-hybridized carbons (Fsp3) is 0.818. The summed E-state index contributed by atoms with van der Waals surface area (Å²) in [6, 6.07) is -0.874. The SMILES string of the molecule is CC(=O)NC(CS)C(=O)O.CCSSCC.NCCS. The van der Waals surface area contributed by atoms with Gasteiger partial charge in [-0.25, -0.2) is 4.79 Å². The molecule has 0 bridgehead atoms. The molecule has 0 aromatic heterocycles. The van der Waals surface area contributed by atoms with Crippen LogP contribution >= 0.6 is 46.8 Å².